The van der Waals surface area contributed by atoms with Crippen molar-refractivity contribution in [1.82, 2.24) is 0 Å². The molecule has 0 radical (unpaired) electrons. The summed E-state index contributed by atoms with van der Waals surface area (Å²) >= 11 is 0. The van der Waals surface area contributed by atoms with Gasteiger partial charge < -0.3 is 9.64 Å². The molecule has 1 aromatic rings. The molecule has 94 valence electrons. The van der Waals surface area contributed by atoms with Gasteiger partial charge in [0, 0.05) is 24.3 Å². The van der Waals surface area contributed by atoms with Crippen molar-refractivity contribution in [3.05, 3.63) is 29.8 Å². The van der Waals surface area contributed by atoms with E-state index in [4.69, 9.17) is 11.2 Å². The summed E-state index contributed by atoms with van der Waals surface area (Å²) in [4.78, 5) is 12.9. The zero-order chi connectivity index (χ0) is 12.8. The molecule has 0 spiro atoms. The van der Waals surface area contributed by atoms with Gasteiger partial charge in [-0.3, -0.25) is 4.79 Å². The lowest BCUT2D eigenvalue weighted by Crippen LogP contribution is -2.37. The van der Waals surface area contributed by atoms with Gasteiger partial charge in [0.25, 0.3) is 0 Å². The van der Waals surface area contributed by atoms with E-state index >= 15 is 0 Å². The molecule has 1 saturated heterocycles. The van der Waals surface area contributed by atoms with E-state index < -0.39 is 0 Å². The number of benzene rings is 1. The SMILES string of the molecule is C#CCOC1CCN(c2ccc(C=O)cc2)CC1. The normalized spacial score (nSPS) is 16.3. The van der Waals surface area contributed by atoms with Crippen LogP contribution in [0.2, 0.25) is 0 Å². The Morgan fingerprint density at radius 2 is 2.00 bits per heavy atom. The molecule has 1 heterocycles. The van der Waals surface area contributed by atoms with Crippen molar-refractivity contribution in [2.24, 2.45) is 0 Å². The molecule has 1 aromatic carbocycles. The average molecular weight is 243 g/mol. The van der Waals surface area contributed by atoms with Crippen molar-refractivity contribution in [2.75, 3.05) is 24.6 Å². The molecule has 0 amide bonds. The van der Waals surface area contributed by atoms with Crippen molar-refractivity contribution >= 4 is 12.0 Å². The molecule has 0 N–H and O–H groups in total. The van der Waals surface area contributed by atoms with E-state index in [-0.39, 0.29) is 6.10 Å². The van der Waals surface area contributed by atoms with E-state index in [0.717, 1.165) is 37.9 Å². The van der Waals surface area contributed by atoms with Gasteiger partial charge in [-0.15, -0.1) is 6.42 Å². The number of piperidine rings is 1. The highest BCUT2D eigenvalue weighted by Crippen LogP contribution is 2.21. The number of ether oxygens (including phenoxy) is 1. The summed E-state index contributed by atoms with van der Waals surface area (Å²) in [5.41, 5.74) is 1.88. The number of anilines is 1. The van der Waals surface area contributed by atoms with E-state index in [0.29, 0.717) is 12.2 Å². The molecule has 0 aliphatic carbocycles. The monoisotopic (exact) mass is 243 g/mol. The van der Waals surface area contributed by atoms with Gasteiger partial charge in [-0.1, -0.05) is 5.92 Å². The van der Waals surface area contributed by atoms with Gasteiger partial charge in [0.2, 0.25) is 0 Å². The number of hydrogen-bond donors (Lipinski definition) is 0. The first-order valence-electron chi connectivity index (χ1n) is 6.18. The molecule has 0 aromatic heterocycles. The molecule has 3 nitrogen and oxygen atoms in total. The Morgan fingerprint density at radius 1 is 1.33 bits per heavy atom. The topological polar surface area (TPSA) is 29.5 Å². The van der Waals surface area contributed by atoms with E-state index in [1.54, 1.807) is 0 Å². The zero-order valence-corrected chi connectivity index (χ0v) is 10.3. The van der Waals surface area contributed by atoms with Crippen LogP contribution in [0.4, 0.5) is 5.69 Å². The number of nitrogens with zero attached hydrogens (tertiary/aromatic N) is 1. The Bertz CT molecular complexity index is 425. The van der Waals surface area contributed by atoms with Crippen LogP contribution >= 0.6 is 0 Å². The second-order valence-corrected chi connectivity index (χ2v) is 4.41. The first-order chi connectivity index (χ1) is 8.83. The number of carbonyl (C=O) groups excluding carboxylic acids is 1. The van der Waals surface area contributed by atoms with Gasteiger partial charge >= 0.3 is 0 Å². The minimum atomic E-state index is 0.284. The van der Waals surface area contributed by atoms with Gasteiger partial charge in [-0.05, 0) is 37.1 Å². The van der Waals surface area contributed by atoms with E-state index in [2.05, 4.69) is 10.8 Å². The molecule has 0 saturated carbocycles. The van der Waals surface area contributed by atoms with Gasteiger partial charge in [-0.25, -0.2) is 0 Å². The quantitative estimate of drug-likeness (QED) is 0.599. The summed E-state index contributed by atoms with van der Waals surface area (Å²) in [6.45, 7) is 2.34. The molecule has 0 atom stereocenters. The highest BCUT2D eigenvalue weighted by Gasteiger charge is 2.19. The van der Waals surface area contributed by atoms with Crippen LogP contribution in [0, 0.1) is 12.3 Å². The fraction of sp³-hybridized carbons (Fsp3) is 0.400. The first kappa shape index (κ1) is 12.7. The molecule has 1 fully saturated rings. The van der Waals surface area contributed by atoms with Crippen molar-refractivity contribution in [3.63, 3.8) is 0 Å². The lowest BCUT2D eigenvalue weighted by atomic mass is 10.1. The van der Waals surface area contributed by atoms with Crippen LogP contribution in [0.15, 0.2) is 24.3 Å². The molecule has 0 bridgehead atoms. The summed E-state index contributed by atoms with van der Waals surface area (Å²) in [7, 11) is 0. The molecule has 2 rings (SSSR count). The fourth-order valence-electron chi connectivity index (χ4n) is 2.21. The number of aldehydes is 1. The van der Waals surface area contributed by atoms with Gasteiger partial charge in [0.1, 0.15) is 12.9 Å². The van der Waals surface area contributed by atoms with Crippen LogP contribution in [0.25, 0.3) is 0 Å². The Morgan fingerprint density at radius 3 is 2.56 bits per heavy atom. The van der Waals surface area contributed by atoms with Crippen LogP contribution in [0.5, 0.6) is 0 Å². The minimum absolute atomic E-state index is 0.284. The second kappa shape index (κ2) is 6.23. The van der Waals surface area contributed by atoms with Gasteiger partial charge in [-0.2, -0.15) is 0 Å². The number of carbonyl (C=O) groups is 1. The third kappa shape index (κ3) is 3.12. The van der Waals surface area contributed by atoms with Crippen LogP contribution in [-0.4, -0.2) is 32.1 Å². The molecule has 0 unspecified atom stereocenters. The Balaban J connectivity index is 1.88. The summed E-state index contributed by atoms with van der Waals surface area (Å²) in [5.74, 6) is 2.50. The second-order valence-electron chi connectivity index (χ2n) is 4.41. The van der Waals surface area contributed by atoms with Crippen molar-refractivity contribution < 1.29 is 9.53 Å². The van der Waals surface area contributed by atoms with Crippen molar-refractivity contribution in [2.45, 2.75) is 18.9 Å². The Labute approximate surface area is 108 Å². The average Bonchev–Trinajstić information content (AvgIpc) is 2.46. The van der Waals surface area contributed by atoms with Gasteiger partial charge in [0.05, 0.1) is 6.10 Å². The van der Waals surface area contributed by atoms with Crippen molar-refractivity contribution in [3.8, 4) is 12.3 Å². The Kier molecular flexibility index (Phi) is 4.38. The minimum Gasteiger partial charge on any atom is -0.371 e. The lowest BCUT2D eigenvalue weighted by Gasteiger charge is -2.33. The standard InChI is InChI=1S/C15H17NO2/c1-2-11-18-15-7-9-16(10-8-15)14-5-3-13(12-17)4-6-14/h1,3-6,12,15H,7-11H2. The van der Waals surface area contributed by atoms with E-state index in [9.17, 15) is 4.79 Å². The zero-order valence-electron chi connectivity index (χ0n) is 10.3. The van der Waals surface area contributed by atoms with Crippen LogP contribution in [0.3, 0.4) is 0 Å². The summed E-state index contributed by atoms with van der Waals surface area (Å²) in [6, 6.07) is 7.69. The maximum atomic E-state index is 10.6. The Hall–Kier alpha value is -1.79. The molecule has 3 heteroatoms. The summed E-state index contributed by atoms with van der Waals surface area (Å²) < 4.78 is 5.54. The fourth-order valence-corrected chi connectivity index (χ4v) is 2.21. The van der Waals surface area contributed by atoms with Gasteiger partial charge in [0.15, 0.2) is 0 Å². The summed E-state index contributed by atoms with van der Waals surface area (Å²) in [6.07, 6.45) is 8.32. The van der Waals surface area contributed by atoms with E-state index in [1.807, 2.05) is 24.3 Å². The van der Waals surface area contributed by atoms with Crippen molar-refractivity contribution in [1.29, 1.82) is 0 Å². The van der Waals surface area contributed by atoms with E-state index in [1.165, 1.54) is 0 Å². The summed E-state index contributed by atoms with van der Waals surface area (Å²) in [5, 5.41) is 0. The third-order valence-corrected chi connectivity index (χ3v) is 3.24. The lowest BCUT2D eigenvalue weighted by molar-refractivity contribution is 0.0596. The predicted molar refractivity (Wildman–Crippen MR) is 71.8 cm³/mol. The molecular formula is C15H17NO2. The molecule has 18 heavy (non-hydrogen) atoms. The predicted octanol–water partition coefficient (Wildman–Crippen LogP) is 2.12. The number of terminal acetylenes is 1. The molecule has 1 aliphatic heterocycles. The molecule has 1 aliphatic rings. The maximum Gasteiger partial charge on any atom is 0.150 e. The highest BCUT2D eigenvalue weighted by molar-refractivity contribution is 5.75. The smallest absolute Gasteiger partial charge is 0.150 e. The van der Waals surface area contributed by atoms with Crippen LogP contribution < -0.4 is 4.90 Å². The molecular weight excluding hydrogens is 226 g/mol. The first-order valence-corrected chi connectivity index (χ1v) is 6.18. The van der Waals surface area contributed by atoms with Crippen LogP contribution in [0.1, 0.15) is 23.2 Å². The van der Waals surface area contributed by atoms with Crippen LogP contribution in [-0.2, 0) is 4.74 Å². The number of rotatable bonds is 4. The third-order valence-electron chi connectivity index (χ3n) is 3.24. The largest absolute Gasteiger partial charge is 0.371 e. The highest BCUT2D eigenvalue weighted by atomic mass is 16.5. The number of hydrogen-bond acceptors (Lipinski definition) is 3. The maximum absolute atomic E-state index is 10.6.